The first-order valence-electron chi connectivity index (χ1n) is 18.7. The Hall–Kier alpha value is -4.88. The lowest BCUT2D eigenvalue weighted by Crippen LogP contribution is -2.15. The molecule has 0 fully saturated rings. The molecule has 50 heavy (non-hydrogen) atoms. The number of aryl methyl sites for hydroxylation is 2. The third-order valence-electron chi connectivity index (χ3n) is 10.8. The molecule has 5 aromatic rings. The molecule has 1 unspecified atom stereocenters. The molecule has 4 aliphatic carbocycles. The molecule has 0 amide bonds. The molecule has 0 saturated heterocycles. The van der Waals surface area contributed by atoms with Crippen LogP contribution in [0.4, 0.5) is 0 Å². The van der Waals surface area contributed by atoms with Crippen molar-refractivity contribution in [3.63, 3.8) is 0 Å². The SMILES string of the molecule is CC.CC1(C)c2ccccc2-c2cc(C3CC=CC=C3CC3=CCCC=C3)ccc21.Cc1ccc(C2=CCCc3oc4ccccc4c32)cc1. The topological polar surface area (TPSA) is 13.1 Å². The molecule has 0 saturated carbocycles. The van der Waals surface area contributed by atoms with Crippen molar-refractivity contribution in [1.82, 2.24) is 0 Å². The fraction of sp³-hybridized carbons (Fsp3) is 0.265. The monoisotopic (exact) mass is 654 g/mol. The minimum absolute atomic E-state index is 0.0906. The highest BCUT2D eigenvalue weighted by atomic mass is 16.3. The molecular weight excluding hydrogens is 605 g/mol. The minimum Gasteiger partial charge on any atom is -0.460 e. The molecule has 4 aliphatic rings. The maximum atomic E-state index is 6.03. The molecule has 1 heterocycles. The van der Waals surface area contributed by atoms with Crippen LogP contribution in [0.25, 0.3) is 27.7 Å². The van der Waals surface area contributed by atoms with Gasteiger partial charge in [-0.3, -0.25) is 0 Å². The Morgan fingerprint density at radius 1 is 0.760 bits per heavy atom. The van der Waals surface area contributed by atoms with Crippen molar-refractivity contribution in [3.8, 4) is 11.1 Å². The van der Waals surface area contributed by atoms with Crippen molar-refractivity contribution in [2.75, 3.05) is 0 Å². The smallest absolute Gasteiger partial charge is 0.134 e. The normalized spacial score (nSPS) is 17.9. The highest BCUT2D eigenvalue weighted by molar-refractivity contribution is 5.97. The molecule has 1 nitrogen and oxygen atoms in total. The van der Waals surface area contributed by atoms with Crippen LogP contribution in [-0.4, -0.2) is 0 Å². The molecular formula is C49H50O. The largest absolute Gasteiger partial charge is 0.460 e. The Morgan fingerprint density at radius 2 is 1.54 bits per heavy atom. The van der Waals surface area contributed by atoms with Gasteiger partial charge in [0.1, 0.15) is 11.3 Å². The van der Waals surface area contributed by atoms with Crippen LogP contribution in [-0.2, 0) is 11.8 Å². The quantitative estimate of drug-likeness (QED) is 0.188. The molecule has 0 aliphatic heterocycles. The lowest BCUT2D eigenvalue weighted by Gasteiger charge is -2.25. The van der Waals surface area contributed by atoms with Crippen molar-refractivity contribution in [3.05, 3.63) is 184 Å². The van der Waals surface area contributed by atoms with Gasteiger partial charge in [-0.25, -0.2) is 0 Å². The second kappa shape index (κ2) is 14.5. The van der Waals surface area contributed by atoms with Crippen LogP contribution in [0, 0.1) is 6.92 Å². The molecule has 252 valence electrons. The number of allylic oxidation sites excluding steroid dienone is 9. The van der Waals surface area contributed by atoms with Crippen LogP contribution in [0.3, 0.4) is 0 Å². The van der Waals surface area contributed by atoms with Crippen LogP contribution >= 0.6 is 0 Å². The standard InChI is InChI=1S/C28H28.C19H16O.C2H6/c1-28(2)26-15-9-8-14-24(26)25-19-22(16-17-27(25)28)23-13-7-6-12-21(23)18-20-10-4-3-5-11-20;1-13-9-11-14(12-10-13)15-6-4-8-18-19(15)16-5-2-3-7-17(16)20-18;1-2/h4,6-12,14-17,19,23H,3,5,13,18H2,1-2H3;2-3,5-7,9-12H,4,8H2,1H3;1-2H3. The highest BCUT2D eigenvalue weighted by Crippen LogP contribution is 2.50. The highest BCUT2D eigenvalue weighted by Gasteiger charge is 2.35. The maximum absolute atomic E-state index is 6.03. The van der Waals surface area contributed by atoms with Gasteiger partial charge >= 0.3 is 0 Å². The van der Waals surface area contributed by atoms with Gasteiger partial charge in [0, 0.05) is 28.7 Å². The van der Waals surface area contributed by atoms with Gasteiger partial charge in [0.2, 0.25) is 0 Å². The molecule has 1 heteroatoms. The van der Waals surface area contributed by atoms with Crippen molar-refractivity contribution in [2.24, 2.45) is 0 Å². The third kappa shape index (κ3) is 6.42. The summed E-state index contributed by atoms with van der Waals surface area (Å²) in [7, 11) is 0. The van der Waals surface area contributed by atoms with Gasteiger partial charge in [-0.1, -0.05) is 166 Å². The van der Waals surface area contributed by atoms with Gasteiger partial charge < -0.3 is 4.42 Å². The Labute approximate surface area is 299 Å². The van der Waals surface area contributed by atoms with Gasteiger partial charge in [-0.15, -0.1) is 0 Å². The first-order valence-corrected chi connectivity index (χ1v) is 18.7. The van der Waals surface area contributed by atoms with E-state index >= 15 is 0 Å². The third-order valence-corrected chi connectivity index (χ3v) is 10.8. The number of rotatable bonds is 4. The summed E-state index contributed by atoms with van der Waals surface area (Å²) >= 11 is 0. The Morgan fingerprint density at radius 3 is 2.36 bits per heavy atom. The molecule has 4 aromatic carbocycles. The van der Waals surface area contributed by atoms with Crippen molar-refractivity contribution in [1.29, 1.82) is 0 Å². The van der Waals surface area contributed by atoms with Crippen LogP contribution in [0.15, 0.2) is 149 Å². The zero-order valence-electron chi connectivity index (χ0n) is 30.4. The van der Waals surface area contributed by atoms with E-state index in [-0.39, 0.29) is 5.41 Å². The lowest BCUT2D eigenvalue weighted by atomic mass is 9.79. The first kappa shape index (κ1) is 33.6. The molecule has 0 bridgehead atoms. The predicted molar refractivity (Wildman–Crippen MR) is 214 cm³/mol. The summed E-state index contributed by atoms with van der Waals surface area (Å²) in [5, 5.41) is 1.23. The van der Waals surface area contributed by atoms with Crippen LogP contribution < -0.4 is 0 Å². The Bertz CT molecular complexity index is 2150. The average molecular weight is 655 g/mol. The van der Waals surface area contributed by atoms with Crippen molar-refractivity contribution < 1.29 is 4.42 Å². The summed E-state index contributed by atoms with van der Waals surface area (Å²) < 4.78 is 6.03. The number of hydrogen-bond acceptors (Lipinski definition) is 1. The van der Waals surface area contributed by atoms with E-state index in [1.54, 1.807) is 5.57 Å². The van der Waals surface area contributed by atoms with Crippen LogP contribution in [0.1, 0.15) is 105 Å². The fourth-order valence-electron chi connectivity index (χ4n) is 8.21. The molecule has 0 N–H and O–H groups in total. The first-order chi connectivity index (χ1) is 24.5. The Kier molecular flexibility index (Phi) is 9.77. The van der Waals surface area contributed by atoms with Gasteiger partial charge in [0.25, 0.3) is 0 Å². The summed E-state index contributed by atoms with van der Waals surface area (Å²) in [5.41, 5.74) is 16.5. The lowest BCUT2D eigenvalue weighted by molar-refractivity contribution is 0.545. The molecule has 1 atom stereocenters. The van der Waals surface area contributed by atoms with E-state index in [0.29, 0.717) is 5.92 Å². The van der Waals surface area contributed by atoms with Gasteiger partial charge in [0.15, 0.2) is 0 Å². The average Bonchev–Trinajstić information content (AvgIpc) is 3.66. The van der Waals surface area contributed by atoms with E-state index in [9.17, 15) is 0 Å². The summed E-state index contributed by atoms with van der Waals surface area (Å²) in [6, 6.07) is 33.3. The molecule has 0 radical (unpaired) electrons. The second-order valence-electron chi connectivity index (χ2n) is 14.3. The van der Waals surface area contributed by atoms with Gasteiger partial charge in [0.05, 0.1) is 0 Å². The van der Waals surface area contributed by atoms with Gasteiger partial charge in [-0.05, 0) is 89.6 Å². The van der Waals surface area contributed by atoms with E-state index in [1.807, 2.05) is 19.9 Å². The second-order valence-corrected chi connectivity index (χ2v) is 14.3. The zero-order valence-corrected chi connectivity index (χ0v) is 30.4. The molecule has 0 spiro atoms. The number of hydrogen-bond donors (Lipinski definition) is 0. The van der Waals surface area contributed by atoms with E-state index < -0.39 is 0 Å². The van der Waals surface area contributed by atoms with E-state index in [0.717, 1.165) is 37.0 Å². The molecule has 1 aromatic heterocycles. The van der Waals surface area contributed by atoms with Gasteiger partial charge in [-0.2, -0.15) is 0 Å². The fourth-order valence-corrected chi connectivity index (χ4v) is 8.21. The maximum Gasteiger partial charge on any atom is 0.134 e. The Balaban J connectivity index is 0.000000157. The summed E-state index contributed by atoms with van der Waals surface area (Å²) in [6.45, 7) is 10.8. The number of para-hydroxylation sites is 1. The minimum atomic E-state index is 0.0906. The van der Waals surface area contributed by atoms with Crippen LogP contribution in [0.5, 0.6) is 0 Å². The van der Waals surface area contributed by atoms with E-state index in [1.165, 1.54) is 73.9 Å². The summed E-state index contributed by atoms with van der Waals surface area (Å²) in [6.07, 6.45) is 22.9. The van der Waals surface area contributed by atoms with E-state index in [4.69, 9.17) is 4.42 Å². The number of benzene rings is 4. The summed E-state index contributed by atoms with van der Waals surface area (Å²) in [4.78, 5) is 0. The van der Waals surface area contributed by atoms with Crippen molar-refractivity contribution in [2.45, 2.75) is 84.5 Å². The van der Waals surface area contributed by atoms with Crippen LogP contribution in [0.2, 0.25) is 0 Å². The molecule has 9 rings (SSSR count). The zero-order chi connectivity index (χ0) is 34.7. The number of fused-ring (bicyclic) bond motifs is 6. The number of furan rings is 1. The summed E-state index contributed by atoms with van der Waals surface area (Å²) in [5.74, 6) is 1.62. The predicted octanol–water partition coefficient (Wildman–Crippen LogP) is 13.8. The van der Waals surface area contributed by atoms with E-state index in [2.05, 4.69) is 148 Å². The van der Waals surface area contributed by atoms with Crippen molar-refractivity contribution >= 4 is 16.5 Å².